The minimum absolute atomic E-state index is 0.188. The molecule has 0 fully saturated rings. The van der Waals surface area contributed by atoms with Gasteiger partial charge in [0, 0.05) is 25.7 Å². The van der Waals surface area contributed by atoms with E-state index in [2.05, 4.69) is 4.74 Å². The minimum Gasteiger partial charge on any atom is -0.469 e. The lowest BCUT2D eigenvalue weighted by molar-refractivity contribution is -0.140. The van der Waals surface area contributed by atoms with Gasteiger partial charge in [0.15, 0.2) is 11.5 Å². The summed E-state index contributed by atoms with van der Waals surface area (Å²) >= 11 is 0. The van der Waals surface area contributed by atoms with E-state index in [0.29, 0.717) is 11.8 Å². The zero-order valence-electron chi connectivity index (χ0n) is 13.8. The van der Waals surface area contributed by atoms with Crippen LogP contribution in [0.5, 0.6) is 11.5 Å². The molecule has 6 heteroatoms. The van der Waals surface area contributed by atoms with Crippen LogP contribution < -0.4 is 9.47 Å². The maximum absolute atomic E-state index is 11.4. The SMILES string of the molecule is COC(=O)CCc1ccc2c(OC(C)=O)c(OC(C)=O)ccc2c1. The summed E-state index contributed by atoms with van der Waals surface area (Å²) in [4.78, 5) is 33.8. The summed E-state index contributed by atoms with van der Waals surface area (Å²) in [6.45, 7) is 2.55. The van der Waals surface area contributed by atoms with Crippen LogP contribution in [0.25, 0.3) is 10.8 Å². The van der Waals surface area contributed by atoms with E-state index in [1.54, 1.807) is 18.2 Å². The Kier molecular flexibility index (Phi) is 5.52. The predicted octanol–water partition coefficient (Wildman–Crippen LogP) is 2.80. The Morgan fingerprint density at radius 1 is 0.958 bits per heavy atom. The highest BCUT2D eigenvalue weighted by Crippen LogP contribution is 2.36. The monoisotopic (exact) mass is 330 g/mol. The van der Waals surface area contributed by atoms with Crippen LogP contribution in [0, 0.1) is 0 Å². The van der Waals surface area contributed by atoms with Crippen molar-refractivity contribution in [3.05, 3.63) is 35.9 Å². The molecule has 0 N–H and O–H groups in total. The van der Waals surface area contributed by atoms with Crippen LogP contribution in [0.1, 0.15) is 25.8 Å². The van der Waals surface area contributed by atoms with Gasteiger partial charge in [0.1, 0.15) is 0 Å². The molecule has 0 heterocycles. The Balaban J connectivity index is 2.41. The summed E-state index contributed by atoms with van der Waals surface area (Å²) in [6.07, 6.45) is 0.821. The van der Waals surface area contributed by atoms with Crippen molar-refractivity contribution < 1.29 is 28.6 Å². The first-order valence-corrected chi connectivity index (χ1v) is 7.40. The van der Waals surface area contributed by atoms with Crippen molar-refractivity contribution in [2.75, 3.05) is 7.11 Å². The van der Waals surface area contributed by atoms with Gasteiger partial charge in [0.25, 0.3) is 0 Å². The van der Waals surface area contributed by atoms with Gasteiger partial charge >= 0.3 is 17.9 Å². The summed E-state index contributed by atoms with van der Waals surface area (Å²) in [5.41, 5.74) is 0.946. The molecular formula is C18H18O6. The number of benzene rings is 2. The van der Waals surface area contributed by atoms with E-state index in [1.807, 2.05) is 12.1 Å². The molecule has 0 aromatic heterocycles. The van der Waals surface area contributed by atoms with Gasteiger partial charge in [-0.2, -0.15) is 0 Å². The first-order chi connectivity index (χ1) is 11.4. The van der Waals surface area contributed by atoms with Crippen LogP contribution in [0.15, 0.2) is 30.3 Å². The lowest BCUT2D eigenvalue weighted by Gasteiger charge is -2.12. The molecule has 2 aromatic rings. The zero-order chi connectivity index (χ0) is 17.7. The third-order valence-corrected chi connectivity index (χ3v) is 3.34. The summed E-state index contributed by atoms with van der Waals surface area (Å²) in [5.74, 6) is -0.897. The Hall–Kier alpha value is -2.89. The Bertz CT molecular complexity index is 793. The minimum atomic E-state index is -0.509. The second-order valence-corrected chi connectivity index (χ2v) is 5.21. The number of rotatable bonds is 5. The van der Waals surface area contributed by atoms with E-state index in [0.717, 1.165) is 10.9 Å². The van der Waals surface area contributed by atoms with Crippen LogP contribution in [-0.4, -0.2) is 25.0 Å². The Morgan fingerprint density at radius 2 is 1.67 bits per heavy atom. The summed E-state index contributed by atoms with van der Waals surface area (Å²) in [6, 6.07) is 8.83. The van der Waals surface area contributed by atoms with Crippen molar-refractivity contribution in [3.63, 3.8) is 0 Å². The molecule has 0 unspecified atom stereocenters. The van der Waals surface area contributed by atoms with E-state index in [1.165, 1.54) is 21.0 Å². The second kappa shape index (κ2) is 7.59. The first kappa shape index (κ1) is 17.5. The molecule has 0 saturated heterocycles. The molecule has 2 rings (SSSR count). The van der Waals surface area contributed by atoms with E-state index >= 15 is 0 Å². The van der Waals surface area contributed by atoms with Crippen LogP contribution >= 0.6 is 0 Å². The van der Waals surface area contributed by atoms with Gasteiger partial charge in [-0.15, -0.1) is 0 Å². The number of methoxy groups -OCH3 is 1. The predicted molar refractivity (Wildman–Crippen MR) is 86.9 cm³/mol. The fourth-order valence-corrected chi connectivity index (χ4v) is 2.32. The van der Waals surface area contributed by atoms with Gasteiger partial charge in [0.2, 0.25) is 0 Å². The van der Waals surface area contributed by atoms with Crippen molar-refractivity contribution >= 4 is 28.7 Å². The topological polar surface area (TPSA) is 78.9 Å². The number of fused-ring (bicyclic) bond motifs is 1. The van der Waals surface area contributed by atoms with Crippen molar-refractivity contribution in [2.45, 2.75) is 26.7 Å². The van der Waals surface area contributed by atoms with Gasteiger partial charge in [-0.05, 0) is 23.4 Å². The molecule has 0 aliphatic carbocycles. The molecule has 0 saturated carbocycles. The second-order valence-electron chi connectivity index (χ2n) is 5.21. The number of aryl methyl sites for hydroxylation is 1. The normalized spacial score (nSPS) is 10.3. The number of hydrogen-bond donors (Lipinski definition) is 0. The molecular weight excluding hydrogens is 312 g/mol. The summed E-state index contributed by atoms with van der Waals surface area (Å²) < 4.78 is 15.0. The largest absolute Gasteiger partial charge is 0.469 e. The average molecular weight is 330 g/mol. The van der Waals surface area contributed by atoms with Crippen LogP contribution in [0.4, 0.5) is 0 Å². The van der Waals surface area contributed by atoms with E-state index in [9.17, 15) is 14.4 Å². The van der Waals surface area contributed by atoms with Crippen LogP contribution in [0.3, 0.4) is 0 Å². The standard InChI is InChI=1S/C18H18O6/c1-11(19)23-16-8-6-14-10-13(5-9-17(21)22-3)4-7-15(14)18(16)24-12(2)20/h4,6-8,10H,5,9H2,1-3H3. The molecule has 0 aliphatic rings. The van der Waals surface area contributed by atoms with Crippen LogP contribution in [0.2, 0.25) is 0 Å². The molecule has 0 bridgehead atoms. The quantitative estimate of drug-likeness (QED) is 0.619. The van der Waals surface area contributed by atoms with E-state index in [4.69, 9.17) is 9.47 Å². The van der Waals surface area contributed by atoms with E-state index < -0.39 is 11.9 Å². The number of hydrogen-bond acceptors (Lipinski definition) is 6. The molecule has 24 heavy (non-hydrogen) atoms. The fourth-order valence-electron chi connectivity index (χ4n) is 2.32. The number of carbonyl (C=O) groups excluding carboxylic acids is 3. The molecule has 0 amide bonds. The molecule has 0 atom stereocenters. The number of carbonyl (C=O) groups is 3. The molecule has 126 valence electrons. The van der Waals surface area contributed by atoms with Gasteiger partial charge in [-0.1, -0.05) is 24.3 Å². The molecule has 0 spiro atoms. The molecule has 0 radical (unpaired) electrons. The lowest BCUT2D eigenvalue weighted by atomic mass is 10.0. The fraction of sp³-hybridized carbons (Fsp3) is 0.278. The van der Waals surface area contributed by atoms with Gasteiger partial charge in [-0.25, -0.2) is 0 Å². The Morgan fingerprint density at radius 3 is 2.29 bits per heavy atom. The highest BCUT2D eigenvalue weighted by molar-refractivity contribution is 5.94. The third-order valence-electron chi connectivity index (χ3n) is 3.34. The van der Waals surface area contributed by atoms with Gasteiger partial charge < -0.3 is 14.2 Å². The van der Waals surface area contributed by atoms with Gasteiger partial charge in [0.05, 0.1) is 7.11 Å². The smallest absolute Gasteiger partial charge is 0.308 e. The van der Waals surface area contributed by atoms with Gasteiger partial charge in [-0.3, -0.25) is 14.4 Å². The molecule has 2 aromatic carbocycles. The number of esters is 3. The third kappa shape index (κ3) is 4.32. The number of ether oxygens (including phenoxy) is 3. The van der Waals surface area contributed by atoms with Crippen molar-refractivity contribution in [1.82, 2.24) is 0 Å². The van der Waals surface area contributed by atoms with Crippen LogP contribution in [-0.2, 0) is 25.5 Å². The lowest BCUT2D eigenvalue weighted by Crippen LogP contribution is -2.07. The highest BCUT2D eigenvalue weighted by atomic mass is 16.6. The molecule has 0 aliphatic heterocycles. The maximum atomic E-state index is 11.4. The first-order valence-electron chi connectivity index (χ1n) is 7.40. The maximum Gasteiger partial charge on any atom is 0.308 e. The average Bonchev–Trinajstić information content (AvgIpc) is 2.53. The Labute approximate surface area is 139 Å². The zero-order valence-corrected chi connectivity index (χ0v) is 13.8. The summed E-state index contributed by atoms with van der Waals surface area (Å²) in [5, 5.41) is 1.45. The molecule has 6 nitrogen and oxygen atoms in total. The van der Waals surface area contributed by atoms with E-state index in [-0.39, 0.29) is 23.9 Å². The highest BCUT2D eigenvalue weighted by Gasteiger charge is 2.15. The summed E-state index contributed by atoms with van der Waals surface area (Å²) in [7, 11) is 1.35. The van der Waals surface area contributed by atoms with Crippen molar-refractivity contribution in [1.29, 1.82) is 0 Å². The van der Waals surface area contributed by atoms with Crippen molar-refractivity contribution in [2.24, 2.45) is 0 Å². The van der Waals surface area contributed by atoms with Crippen molar-refractivity contribution in [3.8, 4) is 11.5 Å².